The average Bonchev–Trinajstić information content (AvgIpc) is 2.35. The van der Waals surface area contributed by atoms with Gasteiger partial charge in [0.2, 0.25) is 0 Å². The normalized spacial score (nSPS) is 14.4. The second kappa shape index (κ2) is 7.33. The highest BCUT2D eigenvalue weighted by Gasteiger charge is 2.07. The quantitative estimate of drug-likeness (QED) is 0.784. The molecule has 1 N–H and O–H groups in total. The fourth-order valence-electron chi connectivity index (χ4n) is 1.59. The van der Waals surface area contributed by atoms with E-state index in [9.17, 15) is 5.11 Å². The molecule has 2 atom stereocenters. The summed E-state index contributed by atoms with van der Waals surface area (Å²) in [5, 5.41) is 9.78. The molecule has 96 valence electrons. The molecule has 2 heteroatoms. The Morgan fingerprint density at radius 2 is 1.82 bits per heavy atom. The summed E-state index contributed by atoms with van der Waals surface area (Å²) in [5.74, 6) is 1.52. The van der Waals surface area contributed by atoms with Crippen molar-refractivity contribution in [1.82, 2.24) is 0 Å². The van der Waals surface area contributed by atoms with Crippen molar-refractivity contribution in [1.29, 1.82) is 0 Å². The number of aryl methyl sites for hydroxylation is 1. The van der Waals surface area contributed by atoms with E-state index >= 15 is 0 Å². The predicted molar refractivity (Wildman–Crippen MR) is 71.4 cm³/mol. The van der Waals surface area contributed by atoms with Crippen LogP contribution in [-0.4, -0.2) is 17.8 Å². The monoisotopic (exact) mass is 236 g/mol. The van der Waals surface area contributed by atoms with Gasteiger partial charge < -0.3 is 9.84 Å². The van der Waals surface area contributed by atoms with Crippen molar-refractivity contribution in [2.45, 2.75) is 46.1 Å². The molecular weight excluding hydrogens is 212 g/mol. The Morgan fingerprint density at radius 1 is 1.18 bits per heavy atom. The van der Waals surface area contributed by atoms with Crippen LogP contribution in [0.25, 0.3) is 0 Å². The lowest BCUT2D eigenvalue weighted by Gasteiger charge is -2.14. The fraction of sp³-hybridized carbons (Fsp3) is 0.600. The zero-order chi connectivity index (χ0) is 12.7. The molecule has 0 spiro atoms. The maximum Gasteiger partial charge on any atom is 0.119 e. The second-order valence-corrected chi connectivity index (χ2v) is 4.87. The van der Waals surface area contributed by atoms with Crippen molar-refractivity contribution in [3.63, 3.8) is 0 Å². The van der Waals surface area contributed by atoms with E-state index < -0.39 is 0 Å². The van der Waals surface area contributed by atoms with Crippen LogP contribution in [0.15, 0.2) is 24.3 Å². The summed E-state index contributed by atoms with van der Waals surface area (Å²) in [5.41, 5.74) is 1.22. The molecule has 0 fully saturated rings. The molecule has 0 aliphatic heterocycles. The van der Waals surface area contributed by atoms with Crippen molar-refractivity contribution >= 4 is 0 Å². The third-order valence-electron chi connectivity index (χ3n) is 3.15. The first-order valence-electron chi connectivity index (χ1n) is 6.49. The van der Waals surface area contributed by atoms with Gasteiger partial charge in [-0.25, -0.2) is 0 Å². The topological polar surface area (TPSA) is 29.5 Å². The van der Waals surface area contributed by atoms with Gasteiger partial charge in [-0.1, -0.05) is 38.0 Å². The van der Waals surface area contributed by atoms with Gasteiger partial charge >= 0.3 is 0 Å². The van der Waals surface area contributed by atoms with Crippen LogP contribution in [0.3, 0.4) is 0 Å². The number of hydrogen-bond acceptors (Lipinski definition) is 2. The molecule has 1 aromatic rings. The Morgan fingerprint density at radius 3 is 2.41 bits per heavy atom. The Balaban J connectivity index is 2.23. The molecule has 0 saturated carbocycles. The molecule has 0 saturated heterocycles. The zero-order valence-corrected chi connectivity index (χ0v) is 11.1. The summed E-state index contributed by atoms with van der Waals surface area (Å²) in [6.07, 6.45) is 2.70. The summed E-state index contributed by atoms with van der Waals surface area (Å²) in [6, 6.07) is 7.91. The van der Waals surface area contributed by atoms with Crippen molar-refractivity contribution in [2.24, 2.45) is 5.92 Å². The minimum atomic E-state index is -0.356. The van der Waals surface area contributed by atoms with E-state index in [1.807, 2.05) is 31.2 Å². The largest absolute Gasteiger partial charge is 0.491 e. The molecular formula is C15H24O2. The fourth-order valence-corrected chi connectivity index (χ4v) is 1.59. The van der Waals surface area contributed by atoms with Crippen molar-refractivity contribution in [3.05, 3.63) is 29.8 Å². The molecule has 0 aromatic heterocycles. The number of aliphatic hydroxyl groups excluding tert-OH is 1. The van der Waals surface area contributed by atoms with Crippen LogP contribution in [0, 0.1) is 12.8 Å². The highest BCUT2D eigenvalue weighted by atomic mass is 16.5. The van der Waals surface area contributed by atoms with E-state index in [1.54, 1.807) is 0 Å². The maximum atomic E-state index is 9.78. The molecule has 17 heavy (non-hydrogen) atoms. The van der Waals surface area contributed by atoms with Crippen molar-refractivity contribution in [3.8, 4) is 5.75 Å². The number of ether oxygens (including phenoxy) is 1. The van der Waals surface area contributed by atoms with Crippen LogP contribution in [0.4, 0.5) is 0 Å². The summed E-state index contributed by atoms with van der Waals surface area (Å²) in [4.78, 5) is 0. The van der Waals surface area contributed by atoms with Gasteiger partial charge in [0.05, 0.1) is 6.10 Å². The number of benzene rings is 1. The van der Waals surface area contributed by atoms with E-state index in [4.69, 9.17) is 4.74 Å². The number of hydrogen-bond donors (Lipinski definition) is 1. The Kier molecular flexibility index (Phi) is 6.06. The highest BCUT2D eigenvalue weighted by molar-refractivity contribution is 5.26. The summed E-state index contributed by atoms with van der Waals surface area (Å²) < 4.78 is 5.54. The van der Waals surface area contributed by atoms with Crippen molar-refractivity contribution < 1.29 is 9.84 Å². The molecule has 0 radical (unpaired) electrons. The molecule has 1 aromatic carbocycles. The van der Waals surface area contributed by atoms with Crippen LogP contribution in [0.2, 0.25) is 0 Å². The molecule has 0 bridgehead atoms. The van der Waals surface area contributed by atoms with Crippen LogP contribution in [0.5, 0.6) is 5.75 Å². The standard InChI is InChI=1S/C15H24O2/c1-4-12(2)5-8-14(16)11-17-15-9-6-13(3)7-10-15/h6-7,9-10,12,14,16H,4-5,8,11H2,1-3H3/t12-,14-/m0/s1. The Labute approximate surface area is 105 Å². The van der Waals surface area contributed by atoms with Crippen LogP contribution in [-0.2, 0) is 0 Å². The molecule has 0 amide bonds. The third kappa shape index (κ3) is 5.73. The molecule has 2 nitrogen and oxygen atoms in total. The second-order valence-electron chi connectivity index (χ2n) is 4.87. The lowest BCUT2D eigenvalue weighted by molar-refractivity contribution is 0.0942. The van der Waals surface area contributed by atoms with E-state index in [2.05, 4.69) is 13.8 Å². The summed E-state index contributed by atoms with van der Waals surface area (Å²) in [7, 11) is 0. The molecule has 0 heterocycles. The van der Waals surface area contributed by atoms with Crippen molar-refractivity contribution in [2.75, 3.05) is 6.61 Å². The Hall–Kier alpha value is -1.02. The van der Waals surface area contributed by atoms with Gasteiger partial charge in [0.25, 0.3) is 0 Å². The van der Waals surface area contributed by atoms with Gasteiger partial charge in [0.1, 0.15) is 12.4 Å². The SMILES string of the molecule is CC[C@H](C)CC[C@H](O)COc1ccc(C)cc1. The highest BCUT2D eigenvalue weighted by Crippen LogP contribution is 2.14. The van der Waals surface area contributed by atoms with Gasteiger partial charge in [-0.05, 0) is 37.8 Å². The predicted octanol–water partition coefficient (Wildman–Crippen LogP) is 3.56. The Bertz CT molecular complexity index is 305. The zero-order valence-electron chi connectivity index (χ0n) is 11.1. The summed E-state index contributed by atoms with van der Waals surface area (Å²) in [6.45, 7) is 6.83. The first-order valence-corrected chi connectivity index (χ1v) is 6.49. The lowest BCUT2D eigenvalue weighted by Crippen LogP contribution is -2.18. The minimum Gasteiger partial charge on any atom is -0.491 e. The van der Waals surface area contributed by atoms with Gasteiger partial charge in [0.15, 0.2) is 0 Å². The molecule has 0 aliphatic carbocycles. The number of aliphatic hydroxyl groups is 1. The van der Waals surface area contributed by atoms with Crippen LogP contribution in [0.1, 0.15) is 38.7 Å². The molecule has 1 rings (SSSR count). The number of rotatable bonds is 7. The third-order valence-corrected chi connectivity index (χ3v) is 3.15. The van der Waals surface area contributed by atoms with Gasteiger partial charge in [-0.15, -0.1) is 0 Å². The van der Waals surface area contributed by atoms with Crippen LogP contribution >= 0.6 is 0 Å². The lowest BCUT2D eigenvalue weighted by atomic mass is 10.0. The first kappa shape index (κ1) is 14.0. The average molecular weight is 236 g/mol. The van der Waals surface area contributed by atoms with Gasteiger partial charge in [-0.3, -0.25) is 0 Å². The molecule has 0 unspecified atom stereocenters. The maximum absolute atomic E-state index is 9.78. The van der Waals surface area contributed by atoms with E-state index in [1.165, 1.54) is 12.0 Å². The smallest absolute Gasteiger partial charge is 0.119 e. The minimum absolute atomic E-state index is 0.356. The van der Waals surface area contributed by atoms with E-state index in [-0.39, 0.29) is 6.10 Å². The first-order chi connectivity index (χ1) is 8.11. The van der Waals surface area contributed by atoms with Gasteiger partial charge in [0, 0.05) is 0 Å². The van der Waals surface area contributed by atoms with Crippen LogP contribution < -0.4 is 4.74 Å². The van der Waals surface area contributed by atoms with Gasteiger partial charge in [-0.2, -0.15) is 0 Å². The molecule has 0 aliphatic rings. The van der Waals surface area contributed by atoms with E-state index in [0.717, 1.165) is 18.6 Å². The summed E-state index contributed by atoms with van der Waals surface area (Å²) >= 11 is 0. The van der Waals surface area contributed by atoms with E-state index in [0.29, 0.717) is 12.5 Å².